The molecule has 1 aliphatic heterocycles. The molecule has 0 aromatic carbocycles. The van der Waals surface area contributed by atoms with Crippen LogP contribution in [0, 0.1) is 6.92 Å². The van der Waals surface area contributed by atoms with Crippen LogP contribution < -0.4 is 5.56 Å². The summed E-state index contributed by atoms with van der Waals surface area (Å²) in [6, 6.07) is 0. The van der Waals surface area contributed by atoms with Crippen LogP contribution in [0.2, 0.25) is 0 Å². The van der Waals surface area contributed by atoms with E-state index in [1.807, 2.05) is 0 Å². The van der Waals surface area contributed by atoms with Crippen LogP contribution in [0.5, 0.6) is 0 Å². The van der Waals surface area contributed by atoms with E-state index in [0.29, 0.717) is 10.9 Å². The van der Waals surface area contributed by atoms with Crippen LogP contribution in [0.15, 0.2) is 9.27 Å². The smallest absolute Gasteiger partial charge is 0.281 e. The van der Waals surface area contributed by atoms with Gasteiger partial charge in [-0.3, -0.25) is 9.89 Å². The number of hydrogen-bond acceptors (Lipinski definition) is 3. The maximum absolute atomic E-state index is 11.9. The summed E-state index contributed by atoms with van der Waals surface area (Å²) in [7, 11) is -3.02. The topological polar surface area (TPSA) is 71.9 Å². The molecule has 0 radical (unpaired) electrons. The molecule has 0 amide bonds. The second-order valence-electron chi connectivity index (χ2n) is 4.53. The van der Waals surface area contributed by atoms with Crippen molar-refractivity contribution in [1.29, 1.82) is 0 Å². The van der Waals surface area contributed by atoms with Gasteiger partial charge in [0.15, 0.2) is 9.84 Å². The van der Waals surface area contributed by atoms with E-state index in [0.717, 1.165) is 5.69 Å². The van der Waals surface area contributed by atoms with E-state index in [1.54, 1.807) is 13.8 Å². The van der Waals surface area contributed by atoms with Crippen LogP contribution in [-0.4, -0.2) is 29.7 Å². The van der Waals surface area contributed by atoms with Crippen molar-refractivity contribution in [3.63, 3.8) is 0 Å². The summed E-state index contributed by atoms with van der Waals surface area (Å²) < 4.78 is 24.9. The third kappa shape index (κ3) is 1.75. The minimum atomic E-state index is -3.02. The van der Waals surface area contributed by atoms with E-state index in [2.05, 4.69) is 21.0 Å². The van der Waals surface area contributed by atoms with E-state index in [-0.39, 0.29) is 17.1 Å². The maximum atomic E-state index is 11.9. The Kier molecular flexibility index (Phi) is 2.58. The maximum Gasteiger partial charge on any atom is 0.281 e. The number of nitrogens with one attached hydrogen (secondary N) is 1. The normalized spacial score (nSPS) is 28.4. The fourth-order valence-electron chi connectivity index (χ4n) is 2.08. The van der Waals surface area contributed by atoms with Crippen molar-refractivity contribution in [3.8, 4) is 0 Å². The van der Waals surface area contributed by atoms with Crippen LogP contribution in [-0.2, 0) is 15.4 Å². The van der Waals surface area contributed by atoms with Gasteiger partial charge in [-0.2, -0.15) is 0 Å². The van der Waals surface area contributed by atoms with E-state index in [9.17, 15) is 13.2 Å². The summed E-state index contributed by atoms with van der Waals surface area (Å²) in [5.41, 5.74) is -0.125. The Hall–Kier alpha value is -0.560. The van der Waals surface area contributed by atoms with Crippen molar-refractivity contribution < 1.29 is 8.42 Å². The third-order valence-electron chi connectivity index (χ3n) is 3.02. The van der Waals surface area contributed by atoms with E-state index < -0.39 is 15.4 Å². The summed E-state index contributed by atoms with van der Waals surface area (Å²) in [6.45, 7) is 3.57. The average molecular weight is 309 g/mol. The Morgan fingerprint density at radius 1 is 1.50 bits per heavy atom. The van der Waals surface area contributed by atoms with Gasteiger partial charge in [-0.05, 0) is 36.2 Å². The van der Waals surface area contributed by atoms with E-state index in [1.165, 1.54) is 4.68 Å². The fraction of sp³-hybridized carbons (Fsp3) is 0.667. The number of aromatic nitrogens is 2. The average Bonchev–Trinajstić information content (AvgIpc) is 2.59. The molecule has 0 spiro atoms. The van der Waals surface area contributed by atoms with Crippen molar-refractivity contribution in [2.24, 2.45) is 0 Å². The van der Waals surface area contributed by atoms with Crippen molar-refractivity contribution in [1.82, 2.24) is 9.78 Å². The molecule has 1 N–H and O–H groups in total. The molecule has 1 aromatic heterocycles. The minimum Gasteiger partial charge on any atom is -0.298 e. The van der Waals surface area contributed by atoms with Gasteiger partial charge in [-0.1, -0.05) is 0 Å². The number of hydrogen-bond donors (Lipinski definition) is 1. The molecule has 0 aliphatic carbocycles. The van der Waals surface area contributed by atoms with Gasteiger partial charge in [0.1, 0.15) is 4.47 Å². The number of H-pyrrole nitrogens is 1. The lowest BCUT2D eigenvalue weighted by molar-refractivity contribution is 0.318. The quantitative estimate of drug-likeness (QED) is 0.833. The third-order valence-corrected chi connectivity index (χ3v) is 5.84. The molecule has 1 atom stereocenters. The first kappa shape index (κ1) is 11.9. The van der Waals surface area contributed by atoms with Gasteiger partial charge in [-0.15, -0.1) is 0 Å². The molecule has 5 nitrogen and oxygen atoms in total. The van der Waals surface area contributed by atoms with Gasteiger partial charge in [0.05, 0.1) is 17.0 Å². The summed E-state index contributed by atoms with van der Waals surface area (Å²) in [4.78, 5) is 11.9. The molecular weight excluding hydrogens is 296 g/mol. The van der Waals surface area contributed by atoms with Crippen molar-refractivity contribution in [3.05, 3.63) is 20.5 Å². The standard InChI is InChI=1S/C9H13BrN2O3S/c1-6-7(10)8(13)12(11-6)9(2)3-4-16(14,15)5-9/h11H,3-5H2,1-2H3. The van der Waals surface area contributed by atoms with Crippen molar-refractivity contribution in [2.75, 3.05) is 11.5 Å². The second-order valence-corrected chi connectivity index (χ2v) is 7.51. The molecular formula is C9H13BrN2O3S. The Bertz CT molecular complexity index is 586. The van der Waals surface area contributed by atoms with Crippen LogP contribution in [0.25, 0.3) is 0 Å². The molecule has 90 valence electrons. The number of halogens is 1. The fourth-order valence-corrected chi connectivity index (χ4v) is 4.46. The first-order valence-corrected chi connectivity index (χ1v) is 7.55. The van der Waals surface area contributed by atoms with Gasteiger partial charge in [0, 0.05) is 5.69 Å². The van der Waals surface area contributed by atoms with Crippen LogP contribution >= 0.6 is 15.9 Å². The molecule has 1 fully saturated rings. The molecule has 1 unspecified atom stereocenters. The number of nitrogens with zero attached hydrogens (tertiary/aromatic N) is 1. The SMILES string of the molecule is Cc1[nH]n(C2(C)CCS(=O)(=O)C2)c(=O)c1Br. The largest absolute Gasteiger partial charge is 0.298 e. The molecule has 16 heavy (non-hydrogen) atoms. The summed E-state index contributed by atoms with van der Waals surface area (Å²) in [5, 5.41) is 2.93. The van der Waals surface area contributed by atoms with E-state index in [4.69, 9.17) is 0 Å². The predicted octanol–water partition coefficient (Wildman–Crippen LogP) is 0.781. The van der Waals surface area contributed by atoms with E-state index >= 15 is 0 Å². The zero-order valence-electron chi connectivity index (χ0n) is 9.08. The lowest BCUT2D eigenvalue weighted by Gasteiger charge is -2.22. The zero-order chi connectivity index (χ0) is 12.1. The van der Waals surface area contributed by atoms with Crippen LogP contribution in [0.4, 0.5) is 0 Å². The monoisotopic (exact) mass is 308 g/mol. The molecule has 1 aliphatic rings. The van der Waals surface area contributed by atoms with Gasteiger partial charge in [0.2, 0.25) is 0 Å². The highest BCUT2D eigenvalue weighted by Crippen LogP contribution is 2.29. The van der Waals surface area contributed by atoms with Gasteiger partial charge < -0.3 is 0 Å². The highest BCUT2D eigenvalue weighted by Gasteiger charge is 2.41. The molecule has 7 heteroatoms. The van der Waals surface area contributed by atoms with Crippen molar-refractivity contribution in [2.45, 2.75) is 25.8 Å². The Morgan fingerprint density at radius 2 is 2.12 bits per heavy atom. The molecule has 2 heterocycles. The number of aryl methyl sites for hydroxylation is 1. The molecule has 0 saturated carbocycles. The Morgan fingerprint density at radius 3 is 2.50 bits per heavy atom. The Labute approximate surface area is 102 Å². The minimum absolute atomic E-state index is 0.0201. The van der Waals surface area contributed by atoms with Gasteiger partial charge in [-0.25, -0.2) is 13.1 Å². The molecule has 1 aromatic rings. The summed E-state index contributed by atoms with van der Waals surface area (Å²) in [6.07, 6.45) is 0.474. The van der Waals surface area contributed by atoms with Gasteiger partial charge >= 0.3 is 0 Å². The summed E-state index contributed by atoms with van der Waals surface area (Å²) in [5.74, 6) is 0.165. The number of rotatable bonds is 1. The zero-order valence-corrected chi connectivity index (χ0v) is 11.5. The molecule has 2 rings (SSSR count). The van der Waals surface area contributed by atoms with Crippen LogP contribution in [0.1, 0.15) is 19.0 Å². The van der Waals surface area contributed by atoms with Crippen molar-refractivity contribution >= 4 is 25.8 Å². The van der Waals surface area contributed by atoms with Crippen LogP contribution in [0.3, 0.4) is 0 Å². The predicted molar refractivity (Wildman–Crippen MR) is 64.4 cm³/mol. The molecule has 0 bridgehead atoms. The lowest BCUT2D eigenvalue weighted by atomic mass is 10.0. The second kappa shape index (κ2) is 3.46. The number of aromatic amines is 1. The molecule has 1 saturated heterocycles. The lowest BCUT2D eigenvalue weighted by Crippen LogP contribution is -2.39. The highest BCUT2D eigenvalue weighted by molar-refractivity contribution is 9.10. The Balaban J connectivity index is 2.54. The number of sulfone groups is 1. The first-order chi connectivity index (χ1) is 7.25. The highest BCUT2D eigenvalue weighted by atomic mass is 79.9. The summed E-state index contributed by atoms with van der Waals surface area (Å²) >= 11 is 3.19. The van der Waals surface area contributed by atoms with Gasteiger partial charge in [0.25, 0.3) is 5.56 Å². The first-order valence-electron chi connectivity index (χ1n) is 4.93.